The third-order valence-corrected chi connectivity index (χ3v) is 16.5. The molecule has 0 saturated heterocycles. The number of amides is 1. The number of aliphatic hydroxyl groups is 2. The van der Waals surface area contributed by atoms with E-state index in [4.69, 9.17) is 4.74 Å². The number of ether oxygens (including phenoxy) is 1. The predicted octanol–water partition coefficient (Wildman–Crippen LogP) is 22.5. The second-order valence-corrected chi connectivity index (χ2v) is 24.2. The number of esters is 1. The van der Waals surface area contributed by atoms with Crippen LogP contribution in [0.2, 0.25) is 0 Å². The van der Waals surface area contributed by atoms with Crippen molar-refractivity contribution in [3.05, 3.63) is 24.3 Å². The van der Waals surface area contributed by atoms with Gasteiger partial charge in [-0.2, -0.15) is 0 Å². The van der Waals surface area contributed by atoms with Gasteiger partial charge >= 0.3 is 5.97 Å². The molecule has 0 heterocycles. The van der Waals surface area contributed by atoms with Crippen LogP contribution in [0.25, 0.3) is 0 Å². The highest BCUT2D eigenvalue weighted by Crippen LogP contribution is 2.18. The molecule has 3 N–H and O–H groups in total. The van der Waals surface area contributed by atoms with E-state index in [-0.39, 0.29) is 18.5 Å². The van der Waals surface area contributed by atoms with Crippen LogP contribution in [-0.2, 0) is 14.3 Å². The van der Waals surface area contributed by atoms with Crippen molar-refractivity contribution in [2.75, 3.05) is 13.2 Å². The monoisotopic (exact) mass is 1080 g/mol. The average molecular weight is 1080 g/mol. The number of nitrogens with one attached hydrogen (secondary N) is 1. The molecule has 0 rings (SSSR count). The van der Waals surface area contributed by atoms with Crippen LogP contribution in [0.4, 0.5) is 0 Å². The van der Waals surface area contributed by atoms with Crippen molar-refractivity contribution in [1.29, 1.82) is 0 Å². The second kappa shape index (κ2) is 66.8. The Balaban J connectivity index is 3.39. The summed E-state index contributed by atoms with van der Waals surface area (Å²) in [5.74, 6) is -0.0469. The third kappa shape index (κ3) is 63.4. The first-order valence-electron chi connectivity index (χ1n) is 35.1. The molecule has 0 radical (unpaired) electrons. The third-order valence-electron chi connectivity index (χ3n) is 16.5. The maximum Gasteiger partial charge on any atom is 0.305 e. The van der Waals surface area contributed by atoms with Crippen LogP contribution in [-0.4, -0.2) is 47.4 Å². The minimum absolute atomic E-state index is 0.0189. The summed E-state index contributed by atoms with van der Waals surface area (Å²) in [7, 11) is 0. The highest BCUT2D eigenvalue weighted by atomic mass is 16.5. The Kier molecular flexibility index (Phi) is 65.4. The van der Waals surface area contributed by atoms with Gasteiger partial charge < -0.3 is 20.3 Å². The Morgan fingerprint density at radius 2 is 0.610 bits per heavy atom. The summed E-state index contributed by atoms with van der Waals surface area (Å²) < 4.78 is 5.50. The fraction of sp³-hybridized carbons (Fsp3) is 0.915. The zero-order valence-electron chi connectivity index (χ0n) is 52.2. The van der Waals surface area contributed by atoms with Crippen molar-refractivity contribution < 1.29 is 24.5 Å². The first-order valence-corrected chi connectivity index (χ1v) is 35.1. The SMILES string of the molecule is CCCCCCCCCCCCCCCCC/C=C/C(O)C(CO)NC(=O)CCCCCCCCCCCCC/C=C\CCCCCCCCCCCCCCOC(=O)CCCCCCCCCCCCCCCCCC. The van der Waals surface area contributed by atoms with E-state index in [1.165, 1.54) is 327 Å². The summed E-state index contributed by atoms with van der Waals surface area (Å²) in [6.07, 6.45) is 84.0. The summed E-state index contributed by atoms with van der Waals surface area (Å²) in [5.41, 5.74) is 0. The van der Waals surface area contributed by atoms with Crippen molar-refractivity contribution >= 4 is 11.9 Å². The van der Waals surface area contributed by atoms with Gasteiger partial charge in [-0.1, -0.05) is 346 Å². The Morgan fingerprint density at radius 3 is 0.922 bits per heavy atom. The molecule has 0 saturated carbocycles. The number of carbonyl (C=O) groups excluding carboxylic acids is 2. The first-order chi connectivity index (χ1) is 38.0. The average Bonchev–Trinajstić information content (AvgIpc) is 3.43. The van der Waals surface area contributed by atoms with Gasteiger partial charge in [-0.05, 0) is 57.8 Å². The molecule has 77 heavy (non-hydrogen) atoms. The fourth-order valence-corrected chi connectivity index (χ4v) is 11.1. The zero-order valence-corrected chi connectivity index (χ0v) is 52.2. The van der Waals surface area contributed by atoms with Gasteiger partial charge in [-0.3, -0.25) is 9.59 Å². The lowest BCUT2D eigenvalue weighted by Crippen LogP contribution is -2.45. The van der Waals surface area contributed by atoms with E-state index >= 15 is 0 Å². The van der Waals surface area contributed by atoms with Crippen LogP contribution in [0.1, 0.15) is 393 Å². The Labute approximate surface area is 481 Å². The van der Waals surface area contributed by atoms with E-state index in [1.54, 1.807) is 6.08 Å². The van der Waals surface area contributed by atoms with Gasteiger partial charge in [-0.25, -0.2) is 0 Å². The van der Waals surface area contributed by atoms with Gasteiger partial charge in [0.25, 0.3) is 0 Å². The van der Waals surface area contributed by atoms with Crippen molar-refractivity contribution in [3.8, 4) is 0 Å². The molecule has 0 spiro atoms. The van der Waals surface area contributed by atoms with Crippen LogP contribution >= 0.6 is 0 Å². The Hall–Kier alpha value is -1.66. The van der Waals surface area contributed by atoms with Crippen LogP contribution in [0, 0.1) is 0 Å². The number of carbonyl (C=O) groups is 2. The molecular weight excluding hydrogens is 947 g/mol. The van der Waals surface area contributed by atoms with E-state index in [1.807, 2.05) is 6.08 Å². The fourth-order valence-electron chi connectivity index (χ4n) is 11.1. The number of hydrogen-bond acceptors (Lipinski definition) is 5. The molecule has 0 fully saturated rings. The summed E-state index contributed by atoms with van der Waals surface area (Å²) in [6.45, 7) is 4.94. The van der Waals surface area contributed by atoms with Crippen LogP contribution in [0.5, 0.6) is 0 Å². The molecule has 0 aromatic heterocycles. The first kappa shape index (κ1) is 75.3. The summed E-state index contributed by atoms with van der Waals surface area (Å²) >= 11 is 0. The van der Waals surface area contributed by atoms with Gasteiger partial charge in [0, 0.05) is 12.8 Å². The van der Waals surface area contributed by atoms with E-state index < -0.39 is 12.1 Å². The quantitative estimate of drug-likeness (QED) is 0.0320. The smallest absolute Gasteiger partial charge is 0.305 e. The molecule has 6 heteroatoms. The molecule has 2 atom stereocenters. The molecule has 0 aromatic rings. The maximum atomic E-state index is 12.5. The minimum atomic E-state index is -0.845. The Morgan fingerprint density at radius 1 is 0.351 bits per heavy atom. The lowest BCUT2D eigenvalue weighted by Gasteiger charge is -2.20. The van der Waals surface area contributed by atoms with Gasteiger partial charge in [0.15, 0.2) is 0 Å². The van der Waals surface area contributed by atoms with Gasteiger partial charge in [0.1, 0.15) is 0 Å². The second-order valence-electron chi connectivity index (χ2n) is 24.2. The molecule has 456 valence electrons. The highest BCUT2D eigenvalue weighted by Gasteiger charge is 2.18. The van der Waals surface area contributed by atoms with E-state index in [9.17, 15) is 19.8 Å². The van der Waals surface area contributed by atoms with Crippen molar-refractivity contribution in [3.63, 3.8) is 0 Å². The normalized spacial score (nSPS) is 12.6. The summed E-state index contributed by atoms with van der Waals surface area (Å²) in [4.78, 5) is 24.6. The summed E-state index contributed by atoms with van der Waals surface area (Å²) in [6, 6.07) is -0.628. The number of unbranched alkanes of at least 4 members (excludes halogenated alkanes) is 53. The van der Waals surface area contributed by atoms with Crippen LogP contribution in [0.3, 0.4) is 0 Å². The van der Waals surface area contributed by atoms with Crippen LogP contribution in [0.15, 0.2) is 24.3 Å². The molecule has 0 aliphatic rings. The molecule has 0 aliphatic heterocycles. The topological polar surface area (TPSA) is 95.9 Å². The number of allylic oxidation sites excluding steroid dienone is 3. The van der Waals surface area contributed by atoms with E-state index in [0.717, 1.165) is 38.5 Å². The van der Waals surface area contributed by atoms with Gasteiger partial charge in [0.2, 0.25) is 5.91 Å². The van der Waals surface area contributed by atoms with Crippen molar-refractivity contribution in [2.45, 2.75) is 405 Å². The van der Waals surface area contributed by atoms with E-state index in [2.05, 4.69) is 31.3 Å². The lowest BCUT2D eigenvalue weighted by molar-refractivity contribution is -0.143. The zero-order chi connectivity index (χ0) is 55.7. The number of rotatable bonds is 66. The molecule has 6 nitrogen and oxygen atoms in total. The molecule has 2 unspecified atom stereocenters. The van der Waals surface area contributed by atoms with Crippen LogP contribution < -0.4 is 5.32 Å². The van der Waals surface area contributed by atoms with Gasteiger partial charge in [0.05, 0.1) is 25.4 Å². The lowest BCUT2D eigenvalue weighted by atomic mass is 10.0. The minimum Gasteiger partial charge on any atom is -0.466 e. The Bertz CT molecular complexity index is 1200. The standard InChI is InChI=1S/C71H137NO5/c1-3-5-7-9-11-13-15-17-19-32-35-39-43-47-51-55-59-63-69(74)68(67-73)72-70(75)64-60-56-52-48-44-40-36-33-30-28-26-24-22-21-23-25-27-29-31-34-38-42-46-50-54-58-62-66-77-71(76)65-61-57-53-49-45-41-37-20-18-16-14-12-10-8-6-4-2/h21-22,59,63,68-69,73-74H,3-20,23-58,60-62,64-67H2,1-2H3,(H,72,75)/b22-21-,63-59+. The predicted molar refractivity (Wildman–Crippen MR) is 338 cm³/mol. The number of hydrogen-bond donors (Lipinski definition) is 3. The molecule has 0 aromatic carbocycles. The van der Waals surface area contributed by atoms with Gasteiger partial charge in [-0.15, -0.1) is 0 Å². The largest absolute Gasteiger partial charge is 0.466 e. The summed E-state index contributed by atoms with van der Waals surface area (Å²) in [5, 5.41) is 23.2. The van der Waals surface area contributed by atoms with E-state index in [0.29, 0.717) is 19.4 Å². The van der Waals surface area contributed by atoms with Crippen molar-refractivity contribution in [1.82, 2.24) is 5.32 Å². The molecule has 1 amide bonds. The maximum absolute atomic E-state index is 12.5. The molecule has 0 bridgehead atoms. The van der Waals surface area contributed by atoms with Crippen molar-refractivity contribution in [2.24, 2.45) is 0 Å². The highest BCUT2D eigenvalue weighted by molar-refractivity contribution is 5.76. The number of aliphatic hydroxyl groups excluding tert-OH is 2. The molecule has 0 aliphatic carbocycles. The molecular formula is C71H137NO5.